The summed E-state index contributed by atoms with van der Waals surface area (Å²) < 4.78 is 13.3. The lowest BCUT2D eigenvalue weighted by atomic mass is 9.95. The van der Waals surface area contributed by atoms with Crippen LogP contribution in [0, 0.1) is 15.9 Å². The Balaban J connectivity index is 2.30. The van der Waals surface area contributed by atoms with Crippen molar-refractivity contribution in [3.8, 4) is 0 Å². The zero-order valence-corrected chi connectivity index (χ0v) is 10.1. The van der Waals surface area contributed by atoms with E-state index in [-0.39, 0.29) is 5.69 Å². The maximum atomic E-state index is 13.3. The Morgan fingerprint density at radius 1 is 1.50 bits per heavy atom. The molecule has 0 amide bonds. The highest BCUT2D eigenvalue weighted by molar-refractivity contribution is 5.54. The van der Waals surface area contributed by atoms with E-state index in [1.54, 1.807) is 11.8 Å². The van der Waals surface area contributed by atoms with E-state index in [0.717, 1.165) is 12.5 Å². The van der Waals surface area contributed by atoms with Crippen LogP contribution in [0.5, 0.6) is 0 Å². The SMILES string of the molecule is CC1(O)CCCN(c2cc(F)cc([N+](=O)[O-])c2)C1. The Kier molecular flexibility index (Phi) is 3.21. The molecule has 1 aliphatic rings. The number of nitro groups is 1. The number of nitrogens with zero attached hydrogens (tertiary/aromatic N) is 2. The molecule has 1 aliphatic heterocycles. The van der Waals surface area contributed by atoms with Gasteiger partial charge in [-0.1, -0.05) is 0 Å². The second-order valence-electron chi connectivity index (χ2n) is 4.95. The summed E-state index contributed by atoms with van der Waals surface area (Å²) in [6, 6.07) is 3.49. The van der Waals surface area contributed by atoms with Crippen LogP contribution in [0.25, 0.3) is 0 Å². The molecule has 5 nitrogen and oxygen atoms in total. The molecule has 2 rings (SSSR count). The van der Waals surface area contributed by atoms with Gasteiger partial charge >= 0.3 is 0 Å². The molecule has 1 aromatic carbocycles. The number of β-amino-alcohol motifs (C(OH)–C–C–N with tert-alkyl or cyclic N) is 1. The summed E-state index contributed by atoms with van der Waals surface area (Å²) in [6.45, 7) is 2.73. The molecule has 18 heavy (non-hydrogen) atoms. The van der Waals surface area contributed by atoms with E-state index in [4.69, 9.17) is 0 Å². The second kappa shape index (κ2) is 4.53. The Hall–Kier alpha value is -1.69. The lowest BCUT2D eigenvalue weighted by Gasteiger charge is -2.38. The van der Waals surface area contributed by atoms with Crippen LogP contribution in [0.4, 0.5) is 15.8 Å². The van der Waals surface area contributed by atoms with Crippen LogP contribution in [0.2, 0.25) is 0 Å². The van der Waals surface area contributed by atoms with Gasteiger partial charge in [0.1, 0.15) is 5.82 Å². The smallest absolute Gasteiger partial charge is 0.274 e. The fourth-order valence-electron chi connectivity index (χ4n) is 2.29. The van der Waals surface area contributed by atoms with Crippen molar-refractivity contribution < 1.29 is 14.4 Å². The standard InChI is InChI=1S/C12H15FN2O3/c1-12(16)3-2-4-14(8-12)10-5-9(13)6-11(7-10)15(17)18/h5-7,16H,2-4,8H2,1H3. The predicted octanol–water partition coefficient (Wildman–Crippen LogP) is 2.09. The fraction of sp³-hybridized carbons (Fsp3) is 0.500. The van der Waals surface area contributed by atoms with Crippen LogP contribution in [0.15, 0.2) is 18.2 Å². The molecule has 1 aromatic rings. The number of benzene rings is 1. The Bertz CT molecular complexity index is 476. The van der Waals surface area contributed by atoms with E-state index in [0.29, 0.717) is 25.2 Å². The first kappa shape index (κ1) is 12.8. The van der Waals surface area contributed by atoms with Crippen molar-refractivity contribution in [3.63, 3.8) is 0 Å². The molecular formula is C12H15FN2O3. The van der Waals surface area contributed by atoms with Crippen molar-refractivity contribution in [3.05, 3.63) is 34.1 Å². The van der Waals surface area contributed by atoms with Crippen LogP contribution in [0.1, 0.15) is 19.8 Å². The number of anilines is 1. The number of nitro benzene ring substituents is 1. The average Bonchev–Trinajstić information content (AvgIpc) is 2.26. The molecule has 1 heterocycles. The van der Waals surface area contributed by atoms with Crippen molar-refractivity contribution in [2.45, 2.75) is 25.4 Å². The van der Waals surface area contributed by atoms with E-state index in [1.807, 2.05) is 0 Å². The zero-order valence-electron chi connectivity index (χ0n) is 10.1. The minimum Gasteiger partial charge on any atom is -0.388 e. The third-order valence-corrected chi connectivity index (χ3v) is 3.12. The summed E-state index contributed by atoms with van der Waals surface area (Å²) in [5.74, 6) is -0.635. The van der Waals surface area contributed by atoms with Crippen molar-refractivity contribution in [1.29, 1.82) is 0 Å². The number of hydrogen-bond acceptors (Lipinski definition) is 4. The number of aliphatic hydroxyl groups is 1. The minimum atomic E-state index is -0.834. The normalized spacial score (nSPS) is 24.1. The molecule has 6 heteroatoms. The number of piperidine rings is 1. The van der Waals surface area contributed by atoms with Gasteiger partial charge in [0, 0.05) is 24.8 Å². The predicted molar refractivity (Wildman–Crippen MR) is 65.1 cm³/mol. The monoisotopic (exact) mass is 254 g/mol. The molecule has 1 unspecified atom stereocenters. The second-order valence-corrected chi connectivity index (χ2v) is 4.95. The van der Waals surface area contributed by atoms with Crippen molar-refractivity contribution >= 4 is 11.4 Å². The summed E-state index contributed by atoms with van der Waals surface area (Å²) in [6.07, 6.45) is 1.46. The lowest BCUT2D eigenvalue weighted by Crippen LogP contribution is -2.46. The Labute approximate surface area is 104 Å². The highest BCUT2D eigenvalue weighted by Gasteiger charge is 2.29. The van der Waals surface area contributed by atoms with Gasteiger partial charge in [0.05, 0.1) is 16.6 Å². The first-order chi connectivity index (χ1) is 8.37. The average molecular weight is 254 g/mol. The molecule has 0 spiro atoms. The van der Waals surface area contributed by atoms with Gasteiger partial charge in [-0.3, -0.25) is 10.1 Å². The summed E-state index contributed by atoms with van der Waals surface area (Å²) in [5.41, 5.74) is -0.656. The molecule has 1 fully saturated rings. The maximum Gasteiger partial charge on any atom is 0.274 e. The van der Waals surface area contributed by atoms with Gasteiger partial charge in [0.25, 0.3) is 5.69 Å². The summed E-state index contributed by atoms with van der Waals surface area (Å²) in [5, 5.41) is 20.7. The van der Waals surface area contributed by atoms with Crippen LogP contribution < -0.4 is 4.90 Å². The van der Waals surface area contributed by atoms with Crippen molar-refractivity contribution in [2.75, 3.05) is 18.0 Å². The molecule has 0 aliphatic carbocycles. The number of halogens is 1. The molecule has 1 N–H and O–H groups in total. The zero-order chi connectivity index (χ0) is 13.3. The molecule has 1 saturated heterocycles. The molecule has 98 valence electrons. The van der Waals surface area contributed by atoms with E-state index >= 15 is 0 Å². The Morgan fingerprint density at radius 2 is 2.22 bits per heavy atom. The van der Waals surface area contributed by atoms with Gasteiger partial charge < -0.3 is 10.0 Å². The van der Waals surface area contributed by atoms with Gasteiger partial charge in [0.15, 0.2) is 0 Å². The van der Waals surface area contributed by atoms with E-state index in [1.165, 1.54) is 12.1 Å². The highest BCUT2D eigenvalue weighted by atomic mass is 19.1. The Morgan fingerprint density at radius 3 is 2.83 bits per heavy atom. The lowest BCUT2D eigenvalue weighted by molar-refractivity contribution is -0.385. The third-order valence-electron chi connectivity index (χ3n) is 3.12. The molecule has 0 bridgehead atoms. The quantitative estimate of drug-likeness (QED) is 0.648. The van der Waals surface area contributed by atoms with Crippen LogP contribution >= 0.6 is 0 Å². The van der Waals surface area contributed by atoms with Crippen molar-refractivity contribution in [1.82, 2.24) is 0 Å². The largest absolute Gasteiger partial charge is 0.388 e. The van der Waals surface area contributed by atoms with Gasteiger partial charge in [-0.05, 0) is 25.8 Å². The van der Waals surface area contributed by atoms with Gasteiger partial charge in [-0.25, -0.2) is 4.39 Å². The topological polar surface area (TPSA) is 66.6 Å². The third kappa shape index (κ3) is 2.76. The highest BCUT2D eigenvalue weighted by Crippen LogP contribution is 2.29. The molecule has 0 radical (unpaired) electrons. The molecule has 0 saturated carbocycles. The van der Waals surface area contributed by atoms with Gasteiger partial charge in [0.2, 0.25) is 0 Å². The number of hydrogen-bond donors (Lipinski definition) is 1. The van der Waals surface area contributed by atoms with Gasteiger partial charge in [-0.2, -0.15) is 0 Å². The van der Waals surface area contributed by atoms with Crippen molar-refractivity contribution in [2.24, 2.45) is 0 Å². The minimum absolute atomic E-state index is 0.268. The maximum absolute atomic E-state index is 13.3. The first-order valence-electron chi connectivity index (χ1n) is 5.80. The van der Waals surface area contributed by atoms with E-state index < -0.39 is 16.3 Å². The van der Waals surface area contributed by atoms with Crippen LogP contribution in [0.3, 0.4) is 0 Å². The molecule has 1 atom stereocenters. The summed E-state index contributed by atoms with van der Waals surface area (Å²) in [7, 11) is 0. The number of rotatable bonds is 2. The van der Waals surface area contributed by atoms with E-state index in [2.05, 4.69) is 0 Å². The van der Waals surface area contributed by atoms with Crippen LogP contribution in [-0.4, -0.2) is 28.7 Å². The first-order valence-corrected chi connectivity index (χ1v) is 5.80. The summed E-state index contributed by atoms with van der Waals surface area (Å²) in [4.78, 5) is 11.8. The molecule has 0 aromatic heterocycles. The van der Waals surface area contributed by atoms with Gasteiger partial charge in [-0.15, -0.1) is 0 Å². The fourth-order valence-corrected chi connectivity index (χ4v) is 2.29. The molecular weight excluding hydrogens is 239 g/mol. The number of non-ortho nitro benzene ring substituents is 1. The van der Waals surface area contributed by atoms with Crippen LogP contribution in [-0.2, 0) is 0 Å². The summed E-state index contributed by atoms with van der Waals surface area (Å²) >= 11 is 0. The van der Waals surface area contributed by atoms with E-state index in [9.17, 15) is 19.6 Å².